The van der Waals surface area contributed by atoms with E-state index in [0.717, 1.165) is 19.4 Å². The van der Waals surface area contributed by atoms with Crippen LogP contribution in [-0.4, -0.2) is 38.7 Å². The van der Waals surface area contributed by atoms with Crippen LogP contribution >= 0.6 is 0 Å². The fraction of sp³-hybridized carbons (Fsp3) is 0.500. The summed E-state index contributed by atoms with van der Waals surface area (Å²) in [6.45, 7) is 1.12. The molecule has 0 spiro atoms. The highest BCUT2D eigenvalue weighted by Gasteiger charge is 2.17. The second-order valence-electron chi connectivity index (χ2n) is 5.08. The van der Waals surface area contributed by atoms with Gasteiger partial charge in [0.05, 0.1) is 17.4 Å². The topological polar surface area (TPSA) is 92.7 Å². The molecule has 2 rings (SSSR count). The van der Waals surface area contributed by atoms with Gasteiger partial charge in [0.1, 0.15) is 0 Å². The maximum Gasteiger partial charge on any atom is 0.335 e. The SMILES string of the molecule is O=C(O)c1ccc(CS(=O)(=O)NCCC2CCCO2)cc1. The van der Waals surface area contributed by atoms with Gasteiger partial charge in [0.2, 0.25) is 10.0 Å². The van der Waals surface area contributed by atoms with Crippen LogP contribution in [0.5, 0.6) is 0 Å². The molecule has 1 aromatic rings. The molecule has 6 nitrogen and oxygen atoms in total. The Balaban J connectivity index is 1.83. The Labute approximate surface area is 124 Å². The van der Waals surface area contributed by atoms with Crippen molar-refractivity contribution >= 4 is 16.0 Å². The number of carbonyl (C=O) groups is 1. The predicted octanol–water partition coefficient (Wildman–Crippen LogP) is 1.37. The van der Waals surface area contributed by atoms with E-state index in [0.29, 0.717) is 18.5 Å². The molecule has 0 aromatic heterocycles. The lowest BCUT2D eigenvalue weighted by Gasteiger charge is -2.10. The van der Waals surface area contributed by atoms with Crippen LogP contribution in [-0.2, 0) is 20.5 Å². The molecule has 1 aliphatic heterocycles. The summed E-state index contributed by atoms with van der Waals surface area (Å²) in [6, 6.07) is 5.84. The molecule has 0 bridgehead atoms. The molecular weight excluding hydrogens is 294 g/mol. The minimum atomic E-state index is -3.41. The first kappa shape index (κ1) is 15.9. The van der Waals surface area contributed by atoms with Crippen molar-refractivity contribution in [1.29, 1.82) is 0 Å². The minimum absolute atomic E-state index is 0.141. The lowest BCUT2D eigenvalue weighted by Crippen LogP contribution is -2.28. The summed E-state index contributed by atoms with van der Waals surface area (Å²) >= 11 is 0. The Morgan fingerprint density at radius 1 is 1.33 bits per heavy atom. The summed E-state index contributed by atoms with van der Waals surface area (Å²) in [5.74, 6) is -1.18. The standard InChI is InChI=1S/C14H19NO5S/c16-14(17)12-5-3-11(4-6-12)10-21(18,19)15-8-7-13-2-1-9-20-13/h3-6,13,15H,1-2,7-10H2,(H,16,17). The number of carboxylic acid groups (broad SMARTS) is 1. The first-order valence-corrected chi connectivity index (χ1v) is 8.53. The molecule has 1 saturated heterocycles. The smallest absolute Gasteiger partial charge is 0.335 e. The van der Waals surface area contributed by atoms with Gasteiger partial charge < -0.3 is 9.84 Å². The zero-order valence-corrected chi connectivity index (χ0v) is 12.4. The average Bonchev–Trinajstić information content (AvgIpc) is 2.91. The first-order valence-electron chi connectivity index (χ1n) is 6.87. The van der Waals surface area contributed by atoms with E-state index in [1.54, 1.807) is 0 Å². The van der Waals surface area contributed by atoms with Gasteiger partial charge in [-0.2, -0.15) is 0 Å². The van der Waals surface area contributed by atoms with Crippen LogP contribution in [0.1, 0.15) is 35.2 Å². The molecular formula is C14H19NO5S. The molecule has 116 valence electrons. The van der Waals surface area contributed by atoms with Gasteiger partial charge in [0.25, 0.3) is 0 Å². The van der Waals surface area contributed by atoms with E-state index in [2.05, 4.69) is 4.72 Å². The number of aromatic carboxylic acids is 1. The van der Waals surface area contributed by atoms with Crippen molar-refractivity contribution in [3.8, 4) is 0 Å². The molecule has 1 heterocycles. The van der Waals surface area contributed by atoms with Crippen molar-refractivity contribution in [3.05, 3.63) is 35.4 Å². The summed E-state index contributed by atoms with van der Waals surface area (Å²) in [5.41, 5.74) is 0.701. The molecule has 2 N–H and O–H groups in total. The molecule has 7 heteroatoms. The van der Waals surface area contributed by atoms with Crippen LogP contribution in [0.15, 0.2) is 24.3 Å². The van der Waals surface area contributed by atoms with Gasteiger partial charge in [0, 0.05) is 13.2 Å². The summed E-state index contributed by atoms with van der Waals surface area (Å²) in [4.78, 5) is 10.7. The summed E-state index contributed by atoms with van der Waals surface area (Å²) in [6.07, 6.45) is 2.85. The molecule has 1 fully saturated rings. The maximum atomic E-state index is 11.9. The maximum absolute atomic E-state index is 11.9. The largest absolute Gasteiger partial charge is 0.478 e. The van der Waals surface area contributed by atoms with E-state index < -0.39 is 16.0 Å². The number of benzene rings is 1. The van der Waals surface area contributed by atoms with Crippen LogP contribution < -0.4 is 4.72 Å². The van der Waals surface area contributed by atoms with Gasteiger partial charge in [0.15, 0.2) is 0 Å². The Bertz CT molecular complexity index is 576. The molecule has 1 aromatic carbocycles. The van der Waals surface area contributed by atoms with Gasteiger partial charge >= 0.3 is 5.97 Å². The number of hydrogen-bond donors (Lipinski definition) is 2. The highest BCUT2D eigenvalue weighted by atomic mass is 32.2. The van der Waals surface area contributed by atoms with Gasteiger partial charge in [-0.05, 0) is 37.0 Å². The molecule has 1 aliphatic rings. The first-order chi connectivity index (χ1) is 9.96. The number of nitrogens with one attached hydrogen (secondary N) is 1. The van der Waals surface area contributed by atoms with Gasteiger partial charge in [-0.3, -0.25) is 0 Å². The molecule has 0 radical (unpaired) electrons. The Kier molecular flexibility index (Phi) is 5.33. The van der Waals surface area contributed by atoms with Gasteiger partial charge in [-0.15, -0.1) is 0 Å². The van der Waals surface area contributed by atoms with E-state index in [1.807, 2.05) is 0 Å². The quantitative estimate of drug-likeness (QED) is 0.793. The van der Waals surface area contributed by atoms with Crippen molar-refractivity contribution in [2.45, 2.75) is 31.1 Å². The van der Waals surface area contributed by atoms with Crippen molar-refractivity contribution in [3.63, 3.8) is 0 Å². The Hall–Kier alpha value is -1.44. The van der Waals surface area contributed by atoms with E-state index >= 15 is 0 Å². The summed E-state index contributed by atoms with van der Waals surface area (Å²) < 4.78 is 31.8. The van der Waals surface area contributed by atoms with Crippen molar-refractivity contribution < 1.29 is 23.1 Å². The molecule has 1 unspecified atom stereocenters. The zero-order valence-electron chi connectivity index (χ0n) is 11.6. The third-order valence-corrected chi connectivity index (χ3v) is 4.73. The fourth-order valence-corrected chi connectivity index (χ4v) is 3.42. The van der Waals surface area contributed by atoms with E-state index in [1.165, 1.54) is 24.3 Å². The molecule has 21 heavy (non-hydrogen) atoms. The highest BCUT2D eigenvalue weighted by Crippen LogP contribution is 2.15. The van der Waals surface area contributed by atoms with E-state index in [4.69, 9.17) is 9.84 Å². The lowest BCUT2D eigenvalue weighted by molar-refractivity contribution is 0.0697. The third kappa shape index (κ3) is 5.11. The molecule has 0 aliphatic carbocycles. The third-order valence-electron chi connectivity index (χ3n) is 3.37. The normalized spacial score (nSPS) is 18.8. The zero-order chi connectivity index (χ0) is 15.3. The molecule has 0 saturated carbocycles. The number of hydrogen-bond acceptors (Lipinski definition) is 4. The van der Waals surface area contributed by atoms with Crippen molar-refractivity contribution in [2.75, 3.05) is 13.2 Å². The van der Waals surface area contributed by atoms with Crippen LogP contribution in [0.25, 0.3) is 0 Å². The molecule has 1 atom stereocenters. The highest BCUT2D eigenvalue weighted by molar-refractivity contribution is 7.88. The summed E-state index contributed by atoms with van der Waals surface area (Å²) in [5, 5.41) is 8.79. The van der Waals surface area contributed by atoms with Crippen LogP contribution in [0, 0.1) is 0 Å². The number of sulfonamides is 1. The van der Waals surface area contributed by atoms with Crippen LogP contribution in [0.3, 0.4) is 0 Å². The Morgan fingerprint density at radius 3 is 2.62 bits per heavy atom. The van der Waals surface area contributed by atoms with Crippen LogP contribution in [0.2, 0.25) is 0 Å². The fourth-order valence-electron chi connectivity index (χ4n) is 2.26. The number of carboxylic acids is 1. The van der Waals surface area contributed by atoms with Crippen molar-refractivity contribution in [1.82, 2.24) is 4.72 Å². The molecule has 0 amide bonds. The lowest BCUT2D eigenvalue weighted by atomic mass is 10.1. The second kappa shape index (κ2) is 7.02. The number of rotatable bonds is 7. The van der Waals surface area contributed by atoms with Gasteiger partial charge in [-0.1, -0.05) is 12.1 Å². The monoisotopic (exact) mass is 313 g/mol. The van der Waals surface area contributed by atoms with E-state index in [9.17, 15) is 13.2 Å². The summed E-state index contributed by atoms with van der Waals surface area (Å²) in [7, 11) is -3.41. The van der Waals surface area contributed by atoms with Crippen LogP contribution in [0.4, 0.5) is 0 Å². The average molecular weight is 313 g/mol. The second-order valence-corrected chi connectivity index (χ2v) is 6.89. The van der Waals surface area contributed by atoms with E-state index in [-0.39, 0.29) is 17.4 Å². The predicted molar refractivity (Wildman–Crippen MR) is 77.6 cm³/mol. The Morgan fingerprint density at radius 2 is 2.05 bits per heavy atom. The van der Waals surface area contributed by atoms with Gasteiger partial charge in [-0.25, -0.2) is 17.9 Å². The van der Waals surface area contributed by atoms with Crippen molar-refractivity contribution in [2.24, 2.45) is 0 Å². The minimum Gasteiger partial charge on any atom is -0.478 e. The number of ether oxygens (including phenoxy) is 1.